The number of esters is 1. The van der Waals surface area contributed by atoms with E-state index in [0.29, 0.717) is 0 Å². The van der Waals surface area contributed by atoms with Gasteiger partial charge < -0.3 is 25.2 Å². The molecule has 9 heteroatoms. The number of fused-ring (bicyclic) bond motifs is 3. The van der Waals surface area contributed by atoms with E-state index in [1.54, 1.807) is 13.8 Å². The van der Waals surface area contributed by atoms with Crippen molar-refractivity contribution in [3.63, 3.8) is 0 Å². The van der Waals surface area contributed by atoms with Crippen molar-refractivity contribution in [2.45, 2.75) is 38.6 Å². The summed E-state index contributed by atoms with van der Waals surface area (Å²) >= 11 is 0. The van der Waals surface area contributed by atoms with Crippen molar-refractivity contribution in [3.05, 3.63) is 59.7 Å². The van der Waals surface area contributed by atoms with Crippen molar-refractivity contribution in [1.82, 2.24) is 10.6 Å². The fourth-order valence-electron chi connectivity index (χ4n) is 4.00. The van der Waals surface area contributed by atoms with Gasteiger partial charge in [0.05, 0.1) is 12.5 Å². The number of nitrogens with one attached hydrogen (secondary N) is 2. The maximum atomic E-state index is 12.7. The molecule has 2 amide bonds. The lowest BCUT2D eigenvalue weighted by atomic mass is 9.91. The van der Waals surface area contributed by atoms with Crippen LogP contribution in [-0.4, -0.2) is 55.3 Å². The Balaban J connectivity index is 1.54. The zero-order valence-corrected chi connectivity index (χ0v) is 20.0. The van der Waals surface area contributed by atoms with Crippen molar-refractivity contribution < 1.29 is 33.8 Å². The van der Waals surface area contributed by atoms with Crippen LogP contribution in [-0.2, 0) is 23.9 Å². The zero-order chi connectivity index (χ0) is 25.6. The molecule has 2 aromatic rings. The standard InChI is InChI=1S/C26H30N2O7/c1-26(2,24(32)28-21(23(30)31)12-13-22(29)34-3)15-27-25(33)35-14-20-18-10-6-4-8-16(18)17-9-5-7-11-19(17)20/h4-11,20-21H,12-15H2,1-3H3,(H,27,33)(H,28,32)(H,30,31)/t21-/m1/s1. The minimum Gasteiger partial charge on any atom is -0.480 e. The first-order valence-corrected chi connectivity index (χ1v) is 11.3. The summed E-state index contributed by atoms with van der Waals surface area (Å²) in [5.41, 5.74) is 3.30. The van der Waals surface area contributed by atoms with Crippen molar-refractivity contribution in [1.29, 1.82) is 0 Å². The summed E-state index contributed by atoms with van der Waals surface area (Å²) < 4.78 is 9.99. The van der Waals surface area contributed by atoms with Gasteiger partial charge in [-0.3, -0.25) is 9.59 Å². The second-order valence-corrected chi connectivity index (χ2v) is 9.04. The summed E-state index contributed by atoms with van der Waals surface area (Å²) in [5.74, 6) is -2.49. The highest BCUT2D eigenvalue weighted by Gasteiger charge is 2.33. The monoisotopic (exact) mass is 482 g/mol. The molecule has 0 heterocycles. The lowest BCUT2D eigenvalue weighted by Crippen LogP contribution is -2.50. The lowest BCUT2D eigenvalue weighted by Gasteiger charge is -2.26. The highest BCUT2D eigenvalue weighted by Crippen LogP contribution is 2.44. The number of amides is 2. The molecule has 3 N–H and O–H groups in total. The summed E-state index contributed by atoms with van der Waals surface area (Å²) in [6.45, 7) is 3.22. The molecule has 0 spiro atoms. The van der Waals surface area contributed by atoms with Gasteiger partial charge in [0.25, 0.3) is 0 Å². The second kappa shape index (κ2) is 11.0. The number of alkyl carbamates (subject to hydrolysis) is 1. The van der Waals surface area contributed by atoms with Gasteiger partial charge in [-0.05, 0) is 42.5 Å². The minimum atomic E-state index is -1.26. The summed E-state index contributed by atoms with van der Waals surface area (Å²) in [6.07, 6.45) is -0.927. The van der Waals surface area contributed by atoms with E-state index >= 15 is 0 Å². The number of benzene rings is 2. The predicted molar refractivity (Wildman–Crippen MR) is 128 cm³/mol. The van der Waals surface area contributed by atoms with Gasteiger partial charge in [-0.1, -0.05) is 48.5 Å². The van der Waals surface area contributed by atoms with E-state index in [2.05, 4.69) is 15.4 Å². The molecule has 1 aliphatic rings. The second-order valence-electron chi connectivity index (χ2n) is 9.04. The smallest absolute Gasteiger partial charge is 0.407 e. The minimum absolute atomic E-state index is 0.0706. The van der Waals surface area contributed by atoms with Crippen LogP contribution < -0.4 is 10.6 Å². The van der Waals surface area contributed by atoms with Gasteiger partial charge in [-0.2, -0.15) is 0 Å². The summed E-state index contributed by atoms with van der Waals surface area (Å²) in [5, 5.41) is 14.4. The third kappa shape index (κ3) is 6.17. The number of rotatable bonds is 10. The molecule has 3 rings (SSSR count). The molecule has 9 nitrogen and oxygen atoms in total. The number of carboxylic acid groups (broad SMARTS) is 1. The van der Waals surface area contributed by atoms with Crippen LogP contribution in [0.3, 0.4) is 0 Å². The molecule has 1 atom stereocenters. The zero-order valence-electron chi connectivity index (χ0n) is 20.0. The summed E-state index contributed by atoms with van der Waals surface area (Å²) in [7, 11) is 1.20. The maximum absolute atomic E-state index is 12.7. The Bertz CT molecular complexity index is 1070. The lowest BCUT2D eigenvalue weighted by molar-refractivity contribution is -0.145. The van der Waals surface area contributed by atoms with E-state index in [9.17, 15) is 24.3 Å². The highest BCUT2D eigenvalue weighted by atomic mass is 16.5. The van der Waals surface area contributed by atoms with E-state index in [1.807, 2.05) is 48.5 Å². The molecule has 0 bridgehead atoms. The number of carbonyl (C=O) groups is 4. The topological polar surface area (TPSA) is 131 Å². The van der Waals surface area contributed by atoms with E-state index in [0.717, 1.165) is 22.3 Å². The molecule has 0 saturated carbocycles. The number of ether oxygens (including phenoxy) is 2. The van der Waals surface area contributed by atoms with Gasteiger partial charge in [-0.25, -0.2) is 9.59 Å². The fourth-order valence-corrected chi connectivity index (χ4v) is 4.00. The van der Waals surface area contributed by atoms with Crippen molar-refractivity contribution in [2.24, 2.45) is 5.41 Å². The number of carbonyl (C=O) groups excluding carboxylic acids is 3. The molecule has 0 aliphatic heterocycles. The average molecular weight is 483 g/mol. The first-order valence-electron chi connectivity index (χ1n) is 11.3. The van der Waals surface area contributed by atoms with Gasteiger partial charge in [0, 0.05) is 18.9 Å². The van der Waals surface area contributed by atoms with E-state index in [1.165, 1.54) is 7.11 Å². The maximum Gasteiger partial charge on any atom is 0.407 e. The number of aliphatic carboxylic acids is 1. The summed E-state index contributed by atoms with van der Waals surface area (Å²) in [6, 6.07) is 14.7. The average Bonchev–Trinajstić information content (AvgIpc) is 3.17. The van der Waals surface area contributed by atoms with Crippen LogP contribution in [0.5, 0.6) is 0 Å². The highest BCUT2D eigenvalue weighted by molar-refractivity contribution is 5.88. The van der Waals surface area contributed by atoms with Crippen LogP contribution in [0.4, 0.5) is 4.79 Å². The first-order chi connectivity index (χ1) is 16.6. The van der Waals surface area contributed by atoms with Crippen LogP contribution in [0.1, 0.15) is 43.7 Å². The van der Waals surface area contributed by atoms with Crippen molar-refractivity contribution >= 4 is 23.9 Å². The molecular weight excluding hydrogens is 452 g/mol. The molecule has 35 heavy (non-hydrogen) atoms. The van der Waals surface area contributed by atoms with Gasteiger partial charge >= 0.3 is 18.0 Å². The molecule has 1 aliphatic carbocycles. The Morgan fingerprint density at radius 2 is 1.57 bits per heavy atom. The van der Waals surface area contributed by atoms with Crippen LogP contribution in [0.15, 0.2) is 48.5 Å². The van der Waals surface area contributed by atoms with Gasteiger partial charge in [0.15, 0.2) is 0 Å². The number of hydrogen-bond acceptors (Lipinski definition) is 6. The van der Waals surface area contributed by atoms with Crippen LogP contribution in [0, 0.1) is 5.41 Å². The molecule has 0 radical (unpaired) electrons. The molecule has 0 saturated heterocycles. The fraction of sp³-hybridized carbons (Fsp3) is 0.385. The summed E-state index contributed by atoms with van der Waals surface area (Å²) in [4.78, 5) is 47.9. The van der Waals surface area contributed by atoms with E-state index in [4.69, 9.17) is 4.74 Å². The number of carboxylic acids is 1. The molecule has 2 aromatic carbocycles. The Morgan fingerprint density at radius 3 is 2.11 bits per heavy atom. The van der Waals surface area contributed by atoms with Crippen LogP contribution >= 0.6 is 0 Å². The van der Waals surface area contributed by atoms with Gasteiger partial charge in [0.1, 0.15) is 12.6 Å². The SMILES string of the molecule is COC(=O)CC[C@@H](NC(=O)C(C)(C)CNC(=O)OCC1c2ccccc2-c2ccccc21)C(=O)O. The normalized spacial score (nSPS) is 13.2. The van der Waals surface area contributed by atoms with Crippen molar-refractivity contribution in [3.8, 4) is 11.1 Å². The largest absolute Gasteiger partial charge is 0.480 e. The Labute approximate surface area is 203 Å². The number of hydrogen-bond donors (Lipinski definition) is 3. The van der Waals surface area contributed by atoms with E-state index < -0.39 is 35.4 Å². The molecule has 0 aromatic heterocycles. The molecular formula is C26H30N2O7. The molecule has 0 fully saturated rings. The first kappa shape index (κ1) is 25.7. The molecule has 0 unspecified atom stereocenters. The predicted octanol–water partition coefficient (Wildman–Crippen LogP) is 3.07. The van der Waals surface area contributed by atoms with E-state index in [-0.39, 0.29) is 31.9 Å². The third-order valence-electron chi connectivity index (χ3n) is 6.10. The Morgan fingerprint density at radius 1 is 1.00 bits per heavy atom. The van der Waals surface area contributed by atoms with Gasteiger partial charge in [-0.15, -0.1) is 0 Å². The van der Waals surface area contributed by atoms with Crippen molar-refractivity contribution in [2.75, 3.05) is 20.3 Å². The Kier molecular flexibility index (Phi) is 8.11. The molecule has 186 valence electrons. The Hall–Kier alpha value is -3.88. The quantitative estimate of drug-likeness (QED) is 0.444. The third-order valence-corrected chi connectivity index (χ3v) is 6.10. The number of methoxy groups -OCH3 is 1. The van der Waals surface area contributed by atoms with Crippen LogP contribution in [0.25, 0.3) is 11.1 Å². The van der Waals surface area contributed by atoms with Crippen LogP contribution in [0.2, 0.25) is 0 Å². The van der Waals surface area contributed by atoms with Gasteiger partial charge in [0.2, 0.25) is 5.91 Å².